The maximum Gasteiger partial charge on any atom is 0.263 e. The fourth-order valence-electron chi connectivity index (χ4n) is 1.27. The molecule has 0 aromatic carbocycles. The minimum Gasteiger partial charge on any atom is -0.397 e. The summed E-state index contributed by atoms with van der Waals surface area (Å²) in [6.07, 6.45) is 2.43. The van der Waals surface area contributed by atoms with Crippen LogP contribution in [0.3, 0.4) is 0 Å². The minimum atomic E-state index is -0.0365. The monoisotopic (exact) mass is 210 g/mol. The summed E-state index contributed by atoms with van der Waals surface area (Å²) >= 11 is 1.39. The molecule has 0 bridgehead atoms. The lowest BCUT2D eigenvalue weighted by Crippen LogP contribution is -2.28. The molecular formula is C10H14N2OS. The average Bonchev–Trinajstić information content (AvgIpc) is 2.72. The smallest absolute Gasteiger partial charge is 0.263 e. The van der Waals surface area contributed by atoms with E-state index in [9.17, 15) is 4.79 Å². The molecule has 1 aliphatic carbocycles. The van der Waals surface area contributed by atoms with Crippen LogP contribution in [0, 0.1) is 5.41 Å². The van der Waals surface area contributed by atoms with Crippen LogP contribution in [0.25, 0.3) is 0 Å². The molecule has 1 aromatic rings. The molecule has 3 nitrogen and oxygen atoms in total. The molecule has 1 fully saturated rings. The number of nitrogens with two attached hydrogens (primary N) is 1. The number of nitrogens with one attached hydrogen (secondary N) is 1. The predicted molar refractivity (Wildman–Crippen MR) is 58.4 cm³/mol. The van der Waals surface area contributed by atoms with Crippen LogP contribution < -0.4 is 11.1 Å². The van der Waals surface area contributed by atoms with E-state index in [0.717, 1.165) is 6.54 Å². The van der Waals surface area contributed by atoms with Crippen molar-refractivity contribution in [2.24, 2.45) is 5.41 Å². The van der Waals surface area contributed by atoms with Crippen LogP contribution in [0.5, 0.6) is 0 Å². The second kappa shape index (κ2) is 3.28. The van der Waals surface area contributed by atoms with Crippen molar-refractivity contribution in [2.45, 2.75) is 19.8 Å². The highest BCUT2D eigenvalue weighted by atomic mass is 32.1. The van der Waals surface area contributed by atoms with Gasteiger partial charge in [-0.2, -0.15) is 0 Å². The maximum atomic E-state index is 11.6. The quantitative estimate of drug-likeness (QED) is 0.800. The van der Waals surface area contributed by atoms with Gasteiger partial charge >= 0.3 is 0 Å². The Morgan fingerprint density at radius 2 is 2.43 bits per heavy atom. The molecule has 3 N–H and O–H groups in total. The van der Waals surface area contributed by atoms with Crippen molar-refractivity contribution in [3.8, 4) is 0 Å². The zero-order valence-corrected chi connectivity index (χ0v) is 8.99. The summed E-state index contributed by atoms with van der Waals surface area (Å²) in [4.78, 5) is 12.3. The molecule has 0 aliphatic heterocycles. The minimum absolute atomic E-state index is 0.0365. The van der Waals surface area contributed by atoms with Crippen molar-refractivity contribution in [3.05, 3.63) is 16.3 Å². The van der Waals surface area contributed by atoms with Crippen LogP contribution >= 0.6 is 11.3 Å². The second-order valence-corrected chi connectivity index (χ2v) is 5.11. The second-order valence-electron chi connectivity index (χ2n) is 4.20. The highest BCUT2D eigenvalue weighted by Gasteiger charge is 2.37. The van der Waals surface area contributed by atoms with E-state index in [2.05, 4.69) is 12.2 Å². The fourth-order valence-corrected chi connectivity index (χ4v) is 2.00. The van der Waals surface area contributed by atoms with Gasteiger partial charge in [0.05, 0.1) is 5.69 Å². The molecule has 2 rings (SSSR count). The molecule has 1 aromatic heterocycles. The van der Waals surface area contributed by atoms with Gasteiger partial charge in [0.2, 0.25) is 0 Å². The van der Waals surface area contributed by atoms with E-state index in [4.69, 9.17) is 5.73 Å². The molecule has 0 radical (unpaired) electrons. The van der Waals surface area contributed by atoms with Gasteiger partial charge in [-0.05, 0) is 29.7 Å². The van der Waals surface area contributed by atoms with Gasteiger partial charge in [0.1, 0.15) is 4.88 Å². The van der Waals surface area contributed by atoms with Gasteiger partial charge in [0.25, 0.3) is 5.91 Å². The first-order chi connectivity index (χ1) is 6.61. The number of thiophene rings is 1. The summed E-state index contributed by atoms with van der Waals surface area (Å²) in [5, 5.41) is 4.76. The van der Waals surface area contributed by atoms with Crippen LogP contribution in [0.2, 0.25) is 0 Å². The number of hydrogen-bond donors (Lipinski definition) is 2. The number of nitrogen functional groups attached to an aromatic ring is 1. The molecule has 1 heterocycles. The van der Waals surface area contributed by atoms with E-state index >= 15 is 0 Å². The van der Waals surface area contributed by atoms with Crippen molar-refractivity contribution in [1.82, 2.24) is 5.32 Å². The molecular weight excluding hydrogens is 196 g/mol. The van der Waals surface area contributed by atoms with Crippen molar-refractivity contribution < 1.29 is 4.79 Å². The third-order valence-electron chi connectivity index (χ3n) is 2.68. The number of hydrogen-bond acceptors (Lipinski definition) is 3. The van der Waals surface area contributed by atoms with Crippen LogP contribution in [0.1, 0.15) is 29.4 Å². The molecule has 0 saturated heterocycles. The number of carbonyl (C=O) groups is 1. The first-order valence-corrected chi connectivity index (χ1v) is 5.60. The molecule has 76 valence electrons. The number of rotatable bonds is 3. The number of amides is 1. The van der Waals surface area contributed by atoms with E-state index in [1.807, 2.05) is 5.38 Å². The molecule has 1 saturated carbocycles. The van der Waals surface area contributed by atoms with E-state index in [1.165, 1.54) is 24.2 Å². The molecule has 1 aliphatic rings. The Morgan fingerprint density at radius 3 is 2.93 bits per heavy atom. The van der Waals surface area contributed by atoms with E-state index in [1.54, 1.807) is 6.07 Å². The van der Waals surface area contributed by atoms with Crippen molar-refractivity contribution >= 4 is 22.9 Å². The summed E-state index contributed by atoms with van der Waals surface area (Å²) < 4.78 is 0. The Kier molecular flexibility index (Phi) is 2.23. The first-order valence-electron chi connectivity index (χ1n) is 4.72. The SMILES string of the molecule is CC1(CNC(=O)c2sccc2N)CC1. The van der Waals surface area contributed by atoms with Gasteiger partial charge in [-0.15, -0.1) is 11.3 Å². The third-order valence-corrected chi connectivity index (χ3v) is 3.61. The van der Waals surface area contributed by atoms with Gasteiger partial charge in [-0.3, -0.25) is 4.79 Å². The van der Waals surface area contributed by atoms with Gasteiger partial charge < -0.3 is 11.1 Å². The van der Waals surface area contributed by atoms with Crippen LogP contribution in [-0.2, 0) is 0 Å². The first kappa shape index (κ1) is 9.52. The van der Waals surface area contributed by atoms with Crippen LogP contribution in [-0.4, -0.2) is 12.5 Å². The lowest BCUT2D eigenvalue weighted by molar-refractivity contribution is 0.0951. The van der Waals surface area contributed by atoms with Crippen LogP contribution in [0.15, 0.2) is 11.4 Å². The molecule has 14 heavy (non-hydrogen) atoms. The van der Waals surface area contributed by atoms with Gasteiger partial charge in [0, 0.05) is 6.54 Å². The van der Waals surface area contributed by atoms with Gasteiger partial charge in [-0.1, -0.05) is 6.92 Å². The largest absolute Gasteiger partial charge is 0.397 e. The van der Waals surface area contributed by atoms with Gasteiger partial charge in [0.15, 0.2) is 0 Å². The molecule has 4 heteroatoms. The summed E-state index contributed by atoms with van der Waals surface area (Å²) in [7, 11) is 0. The number of anilines is 1. The lowest BCUT2D eigenvalue weighted by Gasteiger charge is -2.09. The highest BCUT2D eigenvalue weighted by Crippen LogP contribution is 2.44. The van der Waals surface area contributed by atoms with Crippen LogP contribution in [0.4, 0.5) is 5.69 Å². The molecule has 0 atom stereocenters. The van der Waals surface area contributed by atoms with E-state index < -0.39 is 0 Å². The standard InChI is InChI=1S/C10H14N2OS/c1-10(3-4-10)6-12-9(13)8-7(11)2-5-14-8/h2,5H,3-4,6,11H2,1H3,(H,12,13). The van der Waals surface area contributed by atoms with Crippen molar-refractivity contribution in [2.75, 3.05) is 12.3 Å². The molecule has 0 unspecified atom stereocenters. The summed E-state index contributed by atoms with van der Waals surface area (Å²) in [6.45, 7) is 2.95. The third kappa shape index (κ3) is 1.90. The Bertz CT molecular complexity index is 355. The van der Waals surface area contributed by atoms with Gasteiger partial charge in [-0.25, -0.2) is 0 Å². The van der Waals surface area contributed by atoms with E-state index in [-0.39, 0.29) is 5.91 Å². The van der Waals surface area contributed by atoms with E-state index in [0.29, 0.717) is 16.0 Å². The summed E-state index contributed by atoms with van der Waals surface area (Å²) in [5.74, 6) is -0.0365. The maximum absolute atomic E-state index is 11.6. The normalized spacial score (nSPS) is 17.8. The zero-order chi connectivity index (χ0) is 10.2. The Labute approximate surface area is 87.3 Å². The fraction of sp³-hybridized carbons (Fsp3) is 0.500. The average molecular weight is 210 g/mol. The van der Waals surface area contributed by atoms with Crippen molar-refractivity contribution in [1.29, 1.82) is 0 Å². The Morgan fingerprint density at radius 1 is 1.71 bits per heavy atom. The van der Waals surface area contributed by atoms with Crippen molar-refractivity contribution in [3.63, 3.8) is 0 Å². The predicted octanol–water partition coefficient (Wildman–Crippen LogP) is 1.86. The topological polar surface area (TPSA) is 55.1 Å². The molecule has 1 amide bonds. The Balaban J connectivity index is 1.93. The molecule has 0 spiro atoms. The lowest BCUT2D eigenvalue weighted by atomic mass is 10.1. The summed E-state index contributed by atoms with van der Waals surface area (Å²) in [6, 6.07) is 1.76. The highest BCUT2D eigenvalue weighted by molar-refractivity contribution is 7.12. The zero-order valence-electron chi connectivity index (χ0n) is 8.17. The number of carbonyl (C=O) groups excluding carboxylic acids is 1. The summed E-state index contributed by atoms with van der Waals surface area (Å²) in [5.41, 5.74) is 6.57. The Hall–Kier alpha value is -1.03.